The number of rotatable bonds is 4. The van der Waals surface area contributed by atoms with E-state index in [1.165, 1.54) is 6.92 Å². The summed E-state index contributed by atoms with van der Waals surface area (Å²) in [5.41, 5.74) is 0.387. The highest BCUT2D eigenvalue weighted by Crippen LogP contribution is 2.07. The highest BCUT2D eigenvalue weighted by Gasteiger charge is 2.03. The molecular formula is C8H14O3. The van der Waals surface area contributed by atoms with Crippen LogP contribution in [0.4, 0.5) is 0 Å². The number of aliphatic hydroxyl groups excluding tert-OH is 2. The van der Waals surface area contributed by atoms with Gasteiger partial charge in [-0.15, -0.1) is 0 Å². The number of hydrogen-bond acceptors (Lipinski definition) is 3. The third kappa shape index (κ3) is 3.78. The fourth-order valence-corrected chi connectivity index (χ4v) is 0.637. The Morgan fingerprint density at radius 1 is 1.36 bits per heavy atom. The predicted octanol–water partition coefficient (Wildman–Crippen LogP) is 1.18. The largest absolute Gasteiger partial charge is 0.512 e. The van der Waals surface area contributed by atoms with Gasteiger partial charge in [-0.3, -0.25) is 4.79 Å². The minimum atomic E-state index is -0.125. The Morgan fingerprint density at radius 2 is 1.91 bits per heavy atom. The van der Waals surface area contributed by atoms with E-state index in [2.05, 4.69) is 0 Å². The Morgan fingerprint density at radius 3 is 2.27 bits per heavy atom. The molecule has 0 saturated carbocycles. The number of ketones is 1. The topological polar surface area (TPSA) is 57.5 Å². The third-order valence-corrected chi connectivity index (χ3v) is 1.53. The first-order valence-corrected chi connectivity index (χ1v) is 3.60. The van der Waals surface area contributed by atoms with E-state index in [1.807, 2.05) is 0 Å². The van der Waals surface area contributed by atoms with Gasteiger partial charge in [0.05, 0.1) is 5.76 Å². The van der Waals surface area contributed by atoms with Crippen LogP contribution < -0.4 is 0 Å². The lowest BCUT2D eigenvalue weighted by atomic mass is 10.1. The van der Waals surface area contributed by atoms with Crippen molar-refractivity contribution < 1.29 is 15.0 Å². The number of Topliss-reactive ketones (excluding diaryl/α,β-unsaturated/α-hetero) is 1. The average molecular weight is 158 g/mol. The van der Waals surface area contributed by atoms with Gasteiger partial charge in [0, 0.05) is 18.6 Å². The number of hydrogen-bond donors (Lipinski definition) is 2. The summed E-state index contributed by atoms with van der Waals surface area (Å²) in [5, 5.41) is 17.6. The minimum Gasteiger partial charge on any atom is -0.512 e. The van der Waals surface area contributed by atoms with Crippen LogP contribution in [-0.4, -0.2) is 22.6 Å². The molecule has 0 aromatic carbocycles. The summed E-state index contributed by atoms with van der Waals surface area (Å²) in [4.78, 5) is 10.7. The van der Waals surface area contributed by atoms with Gasteiger partial charge in [0.2, 0.25) is 0 Å². The van der Waals surface area contributed by atoms with Crippen molar-refractivity contribution >= 4 is 5.78 Å². The standard InChI is InChI=1S/C8H14O3/c1-6(7(2)10)8(11)4-3-5-9/h9,11H,3-5H2,1-2H3/b8-6-. The minimum absolute atomic E-state index is 0.0369. The quantitative estimate of drug-likeness (QED) is 0.477. The Bertz CT molecular complexity index is 170. The fraction of sp³-hybridized carbons (Fsp3) is 0.625. The number of aliphatic hydroxyl groups is 2. The molecule has 64 valence electrons. The lowest BCUT2D eigenvalue weighted by Crippen LogP contribution is -1.98. The van der Waals surface area contributed by atoms with Gasteiger partial charge in [0.1, 0.15) is 0 Å². The maximum Gasteiger partial charge on any atom is 0.158 e. The van der Waals surface area contributed by atoms with E-state index < -0.39 is 0 Å². The molecule has 0 unspecified atom stereocenters. The second-order valence-electron chi connectivity index (χ2n) is 2.46. The molecule has 0 aromatic rings. The molecule has 0 aliphatic heterocycles. The van der Waals surface area contributed by atoms with Crippen molar-refractivity contribution in [2.45, 2.75) is 26.7 Å². The highest BCUT2D eigenvalue weighted by molar-refractivity contribution is 5.92. The molecule has 0 fully saturated rings. The predicted molar refractivity (Wildman–Crippen MR) is 42.3 cm³/mol. The molecule has 0 amide bonds. The molecule has 0 rings (SSSR count). The monoisotopic (exact) mass is 158 g/mol. The van der Waals surface area contributed by atoms with Crippen LogP contribution in [0.2, 0.25) is 0 Å². The van der Waals surface area contributed by atoms with E-state index >= 15 is 0 Å². The van der Waals surface area contributed by atoms with Crippen molar-refractivity contribution in [3.8, 4) is 0 Å². The van der Waals surface area contributed by atoms with Gasteiger partial charge in [-0.1, -0.05) is 0 Å². The van der Waals surface area contributed by atoms with Crippen LogP contribution >= 0.6 is 0 Å². The Hall–Kier alpha value is -0.830. The van der Waals surface area contributed by atoms with Crippen LogP contribution in [0.15, 0.2) is 11.3 Å². The zero-order valence-corrected chi connectivity index (χ0v) is 6.92. The summed E-state index contributed by atoms with van der Waals surface area (Å²) in [6, 6.07) is 0. The molecular weight excluding hydrogens is 144 g/mol. The Balaban J connectivity index is 4.05. The van der Waals surface area contributed by atoms with Crippen LogP contribution in [0.5, 0.6) is 0 Å². The lowest BCUT2D eigenvalue weighted by Gasteiger charge is -2.00. The molecule has 0 bridgehead atoms. The van der Waals surface area contributed by atoms with Gasteiger partial charge in [-0.2, -0.15) is 0 Å². The first-order chi connectivity index (χ1) is 5.09. The summed E-state index contributed by atoms with van der Waals surface area (Å²) in [7, 11) is 0. The summed E-state index contributed by atoms with van der Waals surface area (Å²) < 4.78 is 0. The third-order valence-electron chi connectivity index (χ3n) is 1.53. The van der Waals surface area contributed by atoms with E-state index in [9.17, 15) is 4.79 Å². The molecule has 3 heteroatoms. The van der Waals surface area contributed by atoms with E-state index in [-0.39, 0.29) is 18.1 Å². The van der Waals surface area contributed by atoms with Crippen molar-refractivity contribution in [3.05, 3.63) is 11.3 Å². The second-order valence-corrected chi connectivity index (χ2v) is 2.46. The van der Waals surface area contributed by atoms with Crippen molar-refractivity contribution in [2.75, 3.05) is 6.61 Å². The van der Waals surface area contributed by atoms with Crippen LogP contribution in [0, 0.1) is 0 Å². The smallest absolute Gasteiger partial charge is 0.158 e. The SMILES string of the molecule is CC(=O)/C(C)=C(\O)CCCO. The Kier molecular flexibility index (Phi) is 4.54. The van der Waals surface area contributed by atoms with Crippen LogP contribution in [0.1, 0.15) is 26.7 Å². The van der Waals surface area contributed by atoms with Crippen LogP contribution in [0.25, 0.3) is 0 Å². The van der Waals surface area contributed by atoms with Gasteiger partial charge in [-0.25, -0.2) is 0 Å². The van der Waals surface area contributed by atoms with Crippen molar-refractivity contribution in [1.29, 1.82) is 0 Å². The van der Waals surface area contributed by atoms with Gasteiger partial charge >= 0.3 is 0 Å². The van der Waals surface area contributed by atoms with Gasteiger partial charge in [-0.05, 0) is 20.3 Å². The lowest BCUT2D eigenvalue weighted by molar-refractivity contribution is -0.113. The maximum absolute atomic E-state index is 10.7. The molecule has 0 radical (unpaired) electrons. The summed E-state index contributed by atoms with van der Waals surface area (Å²) in [6.45, 7) is 3.02. The number of allylic oxidation sites excluding steroid dienone is 2. The highest BCUT2D eigenvalue weighted by atomic mass is 16.3. The molecule has 0 heterocycles. The van der Waals surface area contributed by atoms with E-state index in [0.717, 1.165) is 0 Å². The molecule has 0 aliphatic carbocycles. The summed E-state index contributed by atoms with van der Waals surface area (Å²) >= 11 is 0. The summed E-state index contributed by atoms with van der Waals surface area (Å²) in [6.07, 6.45) is 0.873. The molecule has 11 heavy (non-hydrogen) atoms. The van der Waals surface area contributed by atoms with Crippen molar-refractivity contribution in [3.63, 3.8) is 0 Å². The fourth-order valence-electron chi connectivity index (χ4n) is 0.637. The van der Waals surface area contributed by atoms with Crippen LogP contribution in [0.3, 0.4) is 0 Å². The number of carbonyl (C=O) groups excluding carboxylic acids is 1. The molecule has 0 saturated heterocycles. The van der Waals surface area contributed by atoms with Crippen LogP contribution in [-0.2, 0) is 4.79 Å². The molecule has 3 nitrogen and oxygen atoms in total. The first-order valence-electron chi connectivity index (χ1n) is 3.60. The van der Waals surface area contributed by atoms with Gasteiger partial charge < -0.3 is 10.2 Å². The van der Waals surface area contributed by atoms with E-state index in [4.69, 9.17) is 10.2 Å². The molecule has 0 aliphatic rings. The molecule has 0 aromatic heterocycles. The van der Waals surface area contributed by atoms with E-state index in [0.29, 0.717) is 18.4 Å². The first kappa shape index (κ1) is 10.2. The zero-order chi connectivity index (χ0) is 8.85. The summed E-state index contributed by atoms with van der Waals surface area (Å²) in [5.74, 6) is -0.0352. The number of carbonyl (C=O) groups is 1. The van der Waals surface area contributed by atoms with E-state index in [1.54, 1.807) is 6.92 Å². The van der Waals surface area contributed by atoms with Gasteiger partial charge in [0.25, 0.3) is 0 Å². The average Bonchev–Trinajstić information content (AvgIpc) is 1.98. The van der Waals surface area contributed by atoms with Crippen molar-refractivity contribution in [1.82, 2.24) is 0 Å². The van der Waals surface area contributed by atoms with Gasteiger partial charge in [0.15, 0.2) is 5.78 Å². The Labute approximate surface area is 66.4 Å². The molecule has 0 atom stereocenters. The molecule has 2 N–H and O–H groups in total. The zero-order valence-electron chi connectivity index (χ0n) is 6.92. The normalized spacial score (nSPS) is 12.6. The van der Waals surface area contributed by atoms with Crippen molar-refractivity contribution in [2.24, 2.45) is 0 Å². The maximum atomic E-state index is 10.7. The molecule has 0 spiro atoms. The second kappa shape index (κ2) is 4.91.